The Kier molecular flexibility index (Phi) is 4.64. The van der Waals surface area contributed by atoms with Crippen molar-refractivity contribution in [2.24, 2.45) is 4.99 Å². The van der Waals surface area contributed by atoms with Crippen LogP contribution in [0.3, 0.4) is 0 Å². The number of pyridine rings is 1. The molecule has 2 aromatic carbocycles. The Labute approximate surface area is 174 Å². The molecule has 2 heterocycles. The summed E-state index contributed by atoms with van der Waals surface area (Å²) in [6.07, 6.45) is 3.50. The first-order valence-electron chi connectivity index (χ1n) is 10.2. The lowest BCUT2D eigenvalue weighted by atomic mass is 10.0. The van der Waals surface area contributed by atoms with Gasteiger partial charge in [0, 0.05) is 47.9 Å². The van der Waals surface area contributed by atoms with Crippen LogP contribution in [-0.2, 0) is 0 Å². The number of fused-ring (bicyclic) bond motifs is 4. The lowest BCUT2D eigenvalue weighted by Crippen LogP contribution is -2.21. The summed E-state index contributed by atoms with van der Waals surface area (Å²) >= 11 is 0. The van der Waals surface area contributed by atoms with E-state index in [4.69, 9.17) is 14.4 Å². The van der Waals surface area contributed by atoms with Crippen molar-refractivity contribution in [3.63, 3.8) is 0 Å². The first-order chi connectivity index (χ1) is 14.8. The largest absolute Gasteiger partial charge is 0.453 e. The first kappa shape index (κ1) is 18.3. The zero-order valence-corrected chi connectivity index (χ0v) is 17.0. The summed E-state index contributed by atoms with van der Waals surface area (Å²) in [5, 5.41) is 2.91. The predicted octanol–water partition coefficient (Wildman–Crippen LogP) is 5.56. The fourth-order valence-electron chi connectivity index (χ4n) is 3.86. The van der Waals surface area contributed by atoms with E-state index in [9.17, 15) is 0 Å². The molecule has 5 rings (SSSR count). The zero-order chi connectivity index (χ0) is 20.5. The minimum absolute atomic E-state index is 0.723. The van der Waals surface area contributed by atoms with Crippen LogP contribution >= 0.6 is 0 Å². The fraction of sp³-hybridized carbons (Fsp3) is 0.160. The summed E-state index contributed by atoms with van der Waals surface area (Å²) in [7, 11) is 0. The highest BCUT2D eigenvalue weighted by molar-refractivity contribution is 5.96. The predicted molar refractivity (Wildman–Crippen MR) is 121 cm³/mol. The van der Waals surface area contributed by atoms with Crippen molar-refractivity contribution in [2.75, 3.05) is 18.0 Å². The molecule has 0 spiro atoms. The van der Waals surface area contributed by atoms with Gasteiger partial charge in [-0.15, -0.1) is 0 Å². The summed E-state index contributed by atoms with van der Waals surface area (Å²) in [6, 6.07) is 20.2. The van der Waals surface area contributed by atoms with Crippen LogP contribution < -0.4 is 10.3 Å². The summed E-state index contributed by atoms with van der Waals surface area (Å²) < 4.78 is 6.35. The molecule has 1 aliphatic heterocycles. The number of hydrogen-bond acceptors (Lipinski definition) is 5. The molecule has 3 aromatic rings. The van der Waals surface area contributed by atoms with Crippen molar-refractivity contribution in [2.45, 2.75) is 13.8 Å². The van der Waals surface area contributed by atoms with Gasteiger partial charge >= 0.3 is 0 Å². The number of anilines is 1. The van der Waals surface area contributed by atoms with Crippen LogP contribution in [0.1, 0.15) is 13.8 Å². The van der Waals surface area contributed by atoms with Crippen molar-refractivity contribution >= 4 is 33.2 Å². The van der Waals surface area contributed by atoms with Gasteiger partial charge < -0.3 is 9.32 Å². The van der Waals surface area contributed by atoms with E-state index in [2.05, 4.69) is 48.0 Å². The number of aromatic nitrogens is 2. The molecule has 1 aromatic heterocycles. The molecule has 0 fully saturated rings. The molecular formula is C25H22N4O. The topological polar surface area (TPSA) is 54.5 Å². The third kappa shape index (κ3) is 3.18. The van der Waals surface area contributed by atoms with Gasteiger partial charge in [0.05, 0.1) is 17.2 Å². The maximum atomic E-state index is 6.35. The molecule has 0 saturated heterocycles. The minimum atomic E-state index is 0.723. The van der Waals surface area contributed by atoms with Crippen LogP contribution in [0.25, 0.3) is 33.3 Å². The number of rotatable bonds is 4. The molecule has 148 valence electrons. The molecule has 0 unspecified atom stereocenters. The second-order valence-electron chi connectivity index (χ2n) is 7.15. The molecule has 0 bridgehead atoms. The molecule has 0 amide bonds. The Morgan fingerprint density at radius 1 is 0.933 bits per heavy atom. The van der Waals surface area contributed by atoms with E-state index >= 15 is 0 Å². The Hall–Kier alpha value is -3.73. The second-order valence-corrected chi connectivity index (χ2v) is 7.15. The van der Waals surface area contributed by atoms with Gasteiger partial charge in [0.15, 0.2) is 11.3 Å². The highest BCUT2D eigenvalue weighted by atomic mass is 16.3. The van der Waals surface area contributed by atoms with Crippen LogP contribution in [0.2, 0.25) is 0 Å². The van der Waals surface area contributed by atoms with E-state index in [-0.39, 0.29) is 0 Å². The molecular weight excluding hydrogens is 372 g/mol. The Morgan fingerprint density at radius 2 is 1.77 bits per heavy atom. The van der Waals surface area contributed by atoms with Gasteiger partial charge in [-0.2, -0.15) is 0 Å². The summed E-state index contributed by atoms with van der Waals surface area (Å²) in [4.78, 5) is 16.2. The molecule has 5 nitrogen and oxygen atoms in total. The highest BCUT2D eigenvalue weighted by Gasteiger charge is 2.15. The number of hydrogen-bond donors (Lipinski definition) is 0. The van der Waals surface area contributed by atoms with Crippen molar-refractivity contribution in [1.82, 2.24) is 9.97 Å². The lowest BCUT2D eigenvalue weighted by molar-refractivity contribution is 0.613. The Bertz CT molecular complexity index is 1370. The van der Waals surface area contributed by atoms with Crippen LogP contribution in [-0.4, -0.2) is 23.1 Å². The number of benzene rings is 3. The van der Waals surface area contributed by atoms with Crippen LogP contribution in [0.4, 0.5) is 11.4 Å². The monoisotopic (exact) mass is 394 g/mol. The van der Waals surface area contributed by atoms with Gasteiger partial charge in [-0.3, -0.25) is 4.98 Å². The average molecular weight is 394 g/mol. The van der Waals surface area contributed by atoms with E-state index in [1.165, 1.54) is 0 Å². The van der Waals surface area contributed by atoms with E-state index in [0.717, 1.165) is 63.1 Å². The summed E-state index contributed by atoms with van der Waals surface area (Å²) in [6.45, 7) is 6.20. The van der Waals surface area contributed by atoms with Gasteiger partial charge in [-0.1, -0.05) is 24.3 Å². The second kappa shape index (κ2) is 7.59. The molecule has 0 radical (unpaired) electrons. The standard InChI is InChI=1S/C25H22N4O/c1-3-29(4-2)18-11-12-21-23(14-18)30-24-15-22(27-17-8-7-13-26-16-17)19-9-5-6-10-20(19)25(24)28-21/h5-16H,3-4H2,1-2H3/b27-22+. The fourth-order valence-corrected chi connectivity index (χ4v) is 3.86. The molecule has 30 heavy (non-hydrogen) atoms. The van der Waals surface area contributed by atoms with Crippen molar-refractivity contribution in [3.8, 4) is 11.5 Å². The summed E-state index contributed by atoms with van der Waals surface area (Å²) in [5.41, 5.74) is 4.41. The van der Waals surface area contributed by atoms with Crippen LogP contribution in [0.5, 0.6) is 0 Å². The zero-order valence-electron chi connectivity index (χ0n) is 17.0. The normalized spacial score (nSPS) is 12.1. The third-order valence-electron chi connectivity index (χ3n) is 5.38. The number of nitrogens with zero attached hydrogens (tertiary/aromatic N) is 4. The van der Waals surface area contributed by atoms with Gasteiger partial charge in [-0.25, -0.2) is 9.98 Å². The van der Waals surface area contributed by atoms with Crippen molar-refractivity contribution in [1.29, 1.82) is 0 Å². The average Bonchev–Trinajstić information content (AvgIpc) is 2.79. The van der Waals surface area contributed by atoms with Crippen LogP contribution in [0, 0.1) is 0 Å². The van der Waals surface area contributed by atoms with E-state index < -0.39 is 0 Å². The van der Waals surface area contributed by atoms with Crippen LogP contribution in [0.15, 0.2) is 82.5 Å². The smallest absolute Gasteiger partial charge is 0.155 e. The van der Waals surface area contributed by atoms with Gasteiger partial charge in [0.2, 0.25) is 0 Å². The van der Waals surface area contributed by atoms with Gasteiger partial charge in [0.25, 0.3) is 0 Å². The Balaban J connectivity index is 1.80. The molecule has 0 atom stereocenters. The van der Waals surface area contributed by atoms with E-state index in [0.29, 0.717) is 0 Å². The molecule has 2 aliphatic rings. The third-order valence-corrected chi connectivity index (χ3v) is 5.38. The lowest BCUT2D eigenvalue weighted by Gasteiger charge is -2.21. The molecule has 0 saturated carbocycles. The minimum Gasteiger partial charge on any atom is -0.453 e. The van der Waals surface area contributed by atoms with Crippen molar-refractivity contribution in [3.05, 3.63) is 78.4 Å². The van der Waals surface area contributed by atoms with Crippen molar-refractivity contribution < 1.29 is 4.42 Å². The molecule has 0 N–H and O–H groups in total. The Morgan fingerprint density at radius 3 is 2.53 bits per heavy atom. The van der Waals surface area contributed by atoms with E-state index in [1.807, 2.05) is 36.4 Å². The maximum Gasteiger partial charge on any atom is 0.155 e. The molecule has 5 heteroatoms. The quantitative estimate of drug-likeness (QED) is 0.296. The van der Waals surface area contributed by atoms with E-state index in [1.54, 1.807) is 12.4 Å². The maximum absolute atomic E-state index is 6.35. The molecule has 1 aliphatic carbocycles. The SMILES string of the molecule is CCN(CC)c1ccc2nc3c4ccccc4/c(=N/c4cccnc4)cc-3oc2c1. The first-order valence-corrected chi connectivity index (χ1v) is 10.2. The van der Waals surface area contributed by atoms with Gasteiger partial charge in [0.1, 0.15) is 11.2 Å². The van der Waals surface area contributed by atoms with Gasteiger partial charge in [-0.05, 0) is 38.1 Å². The highest BCUT2D eigenvalue weighted by Crippen LogP contribution is 2.31. The summed E-state index contributed by atoms with van der Waals surface area (Å²) in [5.74, 6) is 0.723.